The van der Waals surface area contributed by atoms with Crippen molar-refractivity contribution in [3.8, 4) is 23.0 Å². The molecule has 150 valence electrons. The minimum atomic E-state index is -2.97. The van der Waals surface area contributed by atoms with E-state index in [-0.39, 0.29) is 36.5 Å². The molecule has 9 heteroatoms. The van der Waals surface area contributed by atoms with Crippen molar-refractivity contribution in [3.63, 3.8) is 0 Å². The van der Waals surface area contributed by atoms with Gasteiger partial charge in [0.15, 0.2) is 28.7 Å². The molecule has 0 unspecified atom stereocenters. The molecule has 0 saturated heterocycles. The zero-order valence-electron chi connectivity index (χ0n) is 15.2. The Labute approximate surface area is 164 Å². The maximum atomic E-state index is 12.5. The van der Waals surface area contributed by atoms with E-state index in [0.717, 1.165) is 0 Å². The largest absolute Gasteiger partial charge is 0.490 e. The molecule has 0 amide bonds. The second-order valence-electron chi connectivity index (χ2n) is 5.92. The molecule has 0 aliphatic carbocycles. The quantitative estimate of drug-likeness (QED) is 0.540. The summed E-state index contributed by atoms with van der Waals surface area (Å²) >= 11 is 0. The number of carbonyl (C=O) groups excluding carboxylic acids is 1. The SMILES string of the molecule is CCOc1cc(/C=C2\N=C(c3ccc4c(c3)OCO4)OC2=O)ccc1OC(F)F. The van der Waals surface area contributed by atoms with Crippen LogP contribution in [-0.2, 0) is 9.53 Å². The highest BCUT2D eigenvalue weighted by atomic mass is 19.3. The Morgan fingerprint density at radius 2 is 1.97 bits per heavy atom. The minimum Gasteiger partial charge on any atom is -0.490 e. The number of esters is 1. The molecule has 0 bridgehead atoms. The first kappa shape index (κ1) is 18.7. The maximum absolute atomic E-state index is 12.5. The molecule has 2 aliphatic heterocycles. The molecule has 29 heavy (non-hydrogen) atoms. The summed E-state index contributed by atoms with van der Waals surface area (Å²) in [6.07, 6.45) is 1.47. The molecule has 0 fully saturated rings. The van der Waals surface area contributed by atoms with Gasteiger partial charge in [-0.15, -0.1) is 0 Å². The molecule has 7 nitrogen and oxygen atoms in total. The fourth-order valence-corrected chi connectivity index (χ4v) is 2.80. The van der Waals surface area contributed by atoms with Crippen LogP contribution in [0, 0.1) is 0 Å². The zero-order chi connectivity index (χ0) is 20.4. The van der Waals surface area contributed by atoms with Crippen LogP contribution in [0.3, 0.4) is 0 Å². The molecule has 0 N–H and O–H groups in total. The van der Waals surface area contributed by atoms with Gasteiger partial charge in [-0.05, 0) is 48.9 Å². The number of cyclic esters (lactones) is 1. The predicted octanol–water partition coefficient (Wildman–Crippen LogP) is 3.76. The predicted molar refractivity (Wildman–Crippen MR) is 97.4 cm³/mol. The normalized spacial score (nSPS) is 16.2. The number of nitrogens with zero attached hydrogens (tertiary/aromatic N) is 1. The van der Waals surface area contributed by atoms with Gasteiger partial charge in [0, 0.05) is 5.56 Å². The highest BCUT2D eigenvalue weighted by molar-refractivity contribution is 6.13. The van der Waals surface area contributed by atoms with Crippen LogP contribution >= 0.6 is 0 Å². The van der Waals surface area contributed by atoms with Crippen LogP contribution in [0.25, 0.3) is 6.08 Å². The first-order chi connectivity index (χ1) is 14.0. The smallest absolute Gasteiger partial charge is 0.387 e. The fraction of sp³-hybridized carbons (Fsp3) is 0.200. The van der Waals surface area contributed by atoms with Gasteiger partial charge in [0.2, 0.25) is 12.7 Å². The molecule has 0 saturated carbocycles. The van der Waals surface area contributed by atoms with Crippen molar-refractivity contribution in [1.82, 2.24) is 0 Å². The van der Waals surface area contributed by atoms with Crippen molar-refractivity contribution in [2.24, 2.45) is 4.99 Å². The van der Waals surface area contributed by atoms with Crippen molar-refractivity contribution >= 4 is 17.9 Å². The number of ether oxygens (including phenoxy) is 5. The highest BCUT2D eigenvalue weighted by Crippen LogP contribution is 2.34. The number of rotatable bonds is 6. The van der Waals surface area contributed by atoms with Crippen LogP contribution in [0.4, 0.5) is 8.78 Å². The fourth-order valence-electron chi connectivity index (χ4n) is 2.80. The monoisotopic (exact) mass is 403 g/mol. The summed E-state index contributed by atoms with van der Waals surface area (Å²) < 4.78 is 50.6. The van der Waals surface area contributed by atoms with Gasteiger partial charge < -0.3 is 23.7 Å². The molecule has 0 aromatic heterocycles. The van der Waals surface area contributed by atoms with Crippen LogP contribution in [0.5, 0.6) is 23.0 Å². The van der Waals surface area contributed by atoms with Crippen LogP contribution in [0.15, 0.2) is 47.1 Å². The standard InChI is InChI=1S/C20H15F2NO6/c1-2-25-16-8-11(3-5-15(16)28-20(21)22)7-13-19(24)29-18(23-13)12-4-6-14-17(9-12)27-10-26-14/h3-9,20H,2,10H2,1H3/b13-7-. The van der Waals surface area contributed by atoms with Gasteiger partial charge in [-0.2, -0.15) is 8.78 Å². The summed E-state index contributed by atoms with van der Waals surface area (Å²) in [5.41, 5.74) is 1.13. The number of halogens is 2. The van der Waals surface area contributed by atoms with Crippen molar-refractivity contribution < 1.29 is 37.3 Å². The summed E-state index contributed by atoms with van der Waals surface area (Å²) in [5.74, 6) is 0.667. The average molecular weight is 403 g/mol. The zero-order valence-corrected chi connectivity index (χ0v) is 15.2. The van der Waals surface area contributed by atoms with Gasteiger partial charge in [-0.25, -0.2) is 9.79 Å². The van der Waals surface area contributed by atoms with E-state index in [9.17, 15) is 13.6 Å². The molecule has 2 aliphatic rings. The van der Waals surface area contributed by atoms with Crippen LogP contribution in [0.2, 0.25) is 0 Å². The first-order valence-corrected chi connectivity index (χ1v) is 8.67. The van der Waals surface area contributed by atoms with Gasteiger partial charge in [0.25, 0.3) is 0 Å². The summed E-state index contributed by atoms with van der Waals surface area (Å²) in [5, 5.41) is 0. The van der Waals surface area contributed by atoms with Crippen molar-refractivity contribution in [2.45, 2.75) is 13.5 Å². The summed E-state index contributed by atoms with van der Waals surface area (Å²) in [4.78, 5) is 16.4. The van der Waals surface area contributed by atoms with Crippen molar-refractivity contribution in [3.05, 3.63) is 53.2 Å². The average Bonchev–Trinajstić information content (AvgIpc) is 3.30. The number of hydrogen-bond donors (Lipinski definition) is 0. The molecule has 0 atom stereocenters. The molecule has 0 spiro atoms. The number of carbonyl (C=O) groups is 1. The van der Waals surface area contributed by atoms with Crippen molar-refractivity contribution in [1.29, 1.82) is 0 Å². The van der Waals surface area contributed by atoms with Gasteiger partial charge in [0.05, 0.1) is 6.61 Å². The van der Waals surface area contributed by atoms with Gasteiger partial charge in [0.1, 0.15) is 0 Å². The van der Waals surface area contributed by atoms with E-state index < -0.39 is 12.6 Å². The van der Waals surface area contributed by atoms with Crippen LogP contribution in [-0.4, -0.2) is 31.9 Å². The van der Waals surface area contributed by atoms with E-state index in [2.05, 4.69) is 9.73 Å². The molecule has 2 aromatic rings. The van der Waals surface area contributed by atoms with Gasteiger partial charge in [-0.1, -0.05) is 6.07 Å². The third-order valence-corrected chi connectivity index (χ3v) is 4.03. The van der Waals surface area contributed by atoms with E-state index in [4.69, 9.17) is 18.9 Å². The lowest BCUT2D eigenvalue weighted by atomic mass is 10.1. The molecule has 4 rings (SSSR count). The highest BCUT2D eigenvalue weighted by Gasteiger charge is 2.26. The van der Waals surface area contributed by atoms with E-state index in [1.807, 2.05) is 0 Å². The first-order valence-electron chi connectivity index (χ1n) is 8.67. The topological polar surface area (TPSA) is 75.6 Å². The van der Waals surface area contributed by atoms with E-state index in [0.29, 0.717) is 22.6 Å². The third kappa shape index (κ3) is 3.98. The second kappa shape index (κ2) is 7.78. The number of hydrogen-bond acceptors (Lipinski definition) is 7. The number of benzene rings is 2. The molecular formula is C20H15F2NO6. The minimum absolute atomic E-state index is 0.0580. The van der Waals surface area contributed by atoms with Gasteiger partial charge in [-0.3, -0.25) is 0 Å². The summed E-state index contributed by atoms with van der Waals surface area (Å²) in [6, 6.07) is 9.40. The number of aliphatic imine (C=N–C) groups is 1. The van der Waals surface area contributed by atoms with Crippen LogP contribution in [0.1, 0.15) is 18.1 Å². The second-order valence-corrected chi connectivity index (χ2v) is 5.92. The Morgan fingerprint density at radius 3 is 2.76 bits per heavy atom. The lowest BCUT2D eigenvalue weighted by Gasteiger charge is -2.11. The Balaban J connectivity index is 1.62. The molecule has 2 heterocycles. The van der Waals surface area contributed by atoms with E-state index in [1.165, 1.54) is 24.3 Å². The van der Waals surface area contributed by atoms with Crippen molar-refractivity contribution in [2.75, 3.05) is 13.4 Å². The van der Waals surface area contributed by atoms with Crippen LogP contribution < -0.4 is 18.9 Å². The lowest BCUT2D eigenvalue weighted by Crippen LogP contribution is -2.05. The van der Waals surface area contributed by atoms with Gasteiger partial charge >= 0.3 is 12.6 Å². The Hall–Kier alpha value is -3.62. The molecular weight excluding hydrogens is 388 g/mol. The van der Waals surface area contributed by atoms with E-state index >= 15 is 0 Å². The third-order valence-electron chi connectivity index (χ3n) is 4.03. The summed E-state index contributed by atoms with van der Waals surface area (Å²) in [6.45, 7) is -0.872. The molecule has 0 radical (unpaired) electrons. The Kier molecular flexibility index (Phi) is 5.03. The molecule has 2 aromatic carbocycles. The Bertz CT molecular complexity index is 1020. The maximum Gasteiger partial charge on any atom is 0.387 e. The Morgan fingerprint density at radius 1 is 1.14 bits per heavy atom. The lowest BCUT2D eigenvalue weighted by molar-refractivity contribution is -0.129. The van der Waals surface area contributed by atoms with E-state index in [1.54, 1.807) is 25.1 Å². The summed E-state index contributed by atoms with van der Waals surface area (Å²) in [7, 11) is 0. The number of fused-ring (bicyclic) bond motifs is 1. The number of alkyl halides is 2.